The summed E-state index contributed by atoms with van der Waals surface area (Å²) in [6.45, 7) is 4.58. The maximum absolute atomic E-state index is 3.37. The third kappa shape index (κ3) is 3.09. The quantitative estimate of drug-likeness (QED) is 0.889. The maximum Gasteiger partial charge on any atom is 0.0478 e. The van der Waals surface area contributed by atoms with E-state index < -0.39 is 0 Å². The molecule has 2 unspecified atom stereocenters. The van der Waals surface area contributed by atoms with E-state index in [0.29, 0.717) is 6.04 Å². The average Bonchev–Trinajstić information content (AvgIpc) is 2.62. The van der Waals surface area contributed by atoms with Crippen molar-refractivity contribution in [1.82, 2.24) is 10.2 Å². The molecule has 0 aromatic carbocycles. The molecule has 1 N–H and O–H groups in total. The first kappa shape index (κ1) is 13.1. The molecule has 2 rings (SSSR count). The summed E-state index contributed by atoms with van der Waals surface area (Å²) in [5, 5.41) is 3.37. The molecular weight excluding hydrogens is 228 g/mol. The van der Waals surface area contributed by atoms with Gasteiger partial charge in [0.05, 0.1) is 0 Å². The lowest BCUT2D eigenvalue weighted by molar-refractivity contribution is 0.194. The highest BCUT2D eigenvalue weighted by Crippen LogP contribution is 2.37. The molecule has 3 heteroatoms. The zero-order chi connectivity index (χ0) is 12.3. The van der Waals surface area contributed by atoms with Crippen LogP contribution in [0.15, 0.2) is 12.1 Å². The second-order valence-corrected chi connectivity index (χ2v) is 6.51. The van der Waals surface area contributed by atoms with Crippen LogP contribution in [0.5, 0.6) is 0 Å². The van der Waals surface area contributed by atoms with Crippen LogP contribution in [0, 0.1) is 12.8 Å². The minimum absolute atomic E-state index is 0.614. The van der Waals surface area contributed by atoms with Crippen molar-refractivity contribution in [2.24, 2.45) is 5.92 Å². The molecule has 1 saturated heterocycles. The Balaban J connectivity index is 2.22. The molecule has 0 spiro atoms. The lowest BCUT2D eigenvalue weighted by Crippen LogP contribution is -2.33. The number of rotatable bonds is 3. The summed E-state index contributed by atoms with van der Waals surface area (Å²) in [4.78, 5) is 5.54. The van der Waals surface area contributed by atoms with Gasteiger partial charge in [0.15, 0.2) is 0 Å². The first-order valence-electron chi connectivity index (χ1n) is 6.63. The molecule has 0 amide bonds. The fraction of sp³-hybridized carbons (Fsp3) is 0.714. The van der Waals surface area contributed by atoms with Crippen molar-refractivity contribution in [2.75, 3.05) is 27.2 Å². The van der Waals surface area contributed by atoms with Crippen LogP contribution in [0.3, 0.4) is 0 Å². The number of thiophene rings is 1. The highest BCUT2D eigenvalue weighted by molar-refractivity contribution is 7.12. The zero-order valence-electron chi connectivity index (χ0n) is 11.2. The Morgan fingerprint density at radius 2 is 2.24 bits per heavy atom. The van der Waals surface area contributed by atoms with Gasteiger partial charge in [0.2, 0.25) is 0 Å². The summed E-state index contributed by atoms with van der Waals surface area (Å²) in [5.41, 5.74) is 0. The van der Waals surface area contributed by atoms with Gasteiger partial charge in [-0.05, 0) is 65.0 Å². The van der Waals surface area contributed by atoms with E-state index in [-0.39, 0.29) is 0 Å². The third-order valence-corrected chi connectivity index (χ3v) is 4.85. The van der Waals surface area contributed by atoms with E-state index in [1.54, 1.807) is 4.88 Å². The molecule has 2 heterocycles. The van der Waals surface area contributed by atoms with E-state index in [1.165, 1.54) is 30.7 Å². The van der Waals surface area contributed by atoms with Crippen LogP contribution < -0.4 is 5.32 Å². The second-order valence-electron chi connectivity index (χ2n) is 5.19. The summed E-state index contributed by atoms with van der Waals surface area (Å²) in [6.07, 6.45) is 4.07. The number of nitrogens with one attached hydrogen (secondary N) is 1. The fourth-order valence-corrected chi connectivity index (χ4v) is 4.10. The van der Waals surface area contributed by atoms with E-state index >= 15 is 0 Å². The minimum atomic E-state index is 0.614. The molecule has 1 aliphatic rings. The SMILES string of the molecule is CNCC1CCCCN(C)C1c1ccc(C)s1. The highest BCUT2D eigenvalue weighted by Gasteiger charge is 2.29. The number of hydrogen-bond donors (Lipinski definition) is 1. The first-order chi connectivity index (χ1) is 8.22. The van der Waals surface area contributed by atoms with Crippen LogP contribution in [0.2, 0.25) is 0 Å². The van der Waals surface area contributed by atoms with E-state index in [4.69, 9.17) is 0 Å². The van der Waals surface area contributed by atoms with Crippen molar-refractivity contribution < 1.29 is 0 Å². The minimum Gasteiger partial charge on any atom is -0.319 e. The lowest BCUT2D eigenvalue weighted by atomic mass is 9.93. The molecule has 1 aromatic rings. The molecule has 96 valence electrons. The molecule has 1 aromatic heterocycles. The highest BCUT2D eigenvalue weighted by atomic mass is 32.1. The van der Waals surface area contributed by atoms with E-state index in [0.717, 1.165) is 12.5 Å². The van der Waals surface area contributed by atoms with Crippen molar-refractivity contribution in [3.8, 4) is 0 Å². The van der Waals surface area contributed by atoms with Crippen molar-refractivity contribution in [1.29, 1.82) is 0 Å². The van der Waals surface area contributed by atoms with Crippen LogP contribution in [0.25, 0.3) is 0 Å². The molecule has 1 aliphatic heterocycles. The van der Waals surface area contributed by atoms with Crippen LogP contribution >= 0.6 is 11.3 Å². The number of likely N-dealkylation sites (tertiary alicyclic amines) is 1. The standard InChI is InChI=1S/C14H24N2S/c1-11-7-8-13(17-11)14-12(10-15-2)6-4-5-9-16(14)3/h7-8,12,14-15H,4-6,9-10H2,1-3H3. The second kappa shape index (κ2) is 5.98. The normalized spacial score (nSPS) is 27.0. The summed E-state index contributed by atoms with van der Waals surface area (Å²) in [7, 11) is 4.36. The largest absolute Gasteiger partial charge is 0.319 e. The van der Waals surface area contributed by atoms with E-state index in [9.17, 15) is 0 Å². The Morgan fingerprint density at radius 3 is 2.88 bits per heavy atom. The van der Waals surface area contributed by atoms with E-state index in [1.807, 2.05) is 11.3 Å². The molecule has 2 nitrogen and oxygen atoms in total. The molecule has 17 heavy (non-hydrogen) atoms. The Hall–Kier alpha value is -0.380. The lowest BCUT2D eigenvalue weighted by Gasteiger charge is -2.31. The molecular formula is C14H24N2S. The number of nitrogens with zero attached hydrogens (tertiary/aromatic N) is 1. The molecule has 0 saturated carbocycles. The predicted octanol–water partition coefficient (Wildman–Crippen LogP) is 3.05. The topological polar surface area (TPSA) is 15.3 Å². The van der Waals surface area contributed by atoms with Crippen LogP contribution in [0.1, 0.15) is 35.1 Å². The molecule has 2 atom stereocenters. The van der Waals surface area contributed by atoms with Crippen molar-refractivity contribution >= 4 is 11.3 Å². The summed E-state index contributed by atoms with van der Waals surface area (Å²) in [6, 6.07) is 5.20. The summed E-state index contributed by atoms with van der Waals surface area (Å²) >= 11 is 1.97. The van der Waals surface area contributed by atoms with Crippen molar-refractivity contribution in [2.45, 2.75) is 32.2 Å². The summed E-state index contributed by atoms with van der Waals surface area (Å²) in [5.74, 6) is 0.755. The van der Waals surface area contributed by atoms with Gasteiger partial charge in [-0.1, -0.05) is 6.42 Å². The van der Waals surface area contributed by atoms with Crippen LogP contribution in [-0.2, 0) is 0 Å². The van der Waals surface area contributed by atoms with Gasteiger partial charge < -0.3 is 5.32 Å². The fourth-order valence-electron chi connectivity index (χ4n) is 2.96. The summed E-state index contributed by atoms with van der Waals surface area (Å²) < 4.78 is 0. The number of hydrogen-bond acceptors (Lipinski definition) is 3. The van der Waals surface area contributed by atoms with Crippen LogP contribution in [0.4, 0.5) is 0 Å². The van der Waals surface area contributed by atoms with Gasteiger partial charge in [-0.3, -0.25) is 4.90 Å². The van der Waals surface area contributed by atoms with Gasteiger partial charge >= 0.3 is 0 Å². The molecule has 0 bridgehead atoms. The zero-order valence-corrected chi connectivity index (χ0v) is 12.0. The Labute approximate surface area is 109 Å². The predicted molar refractivity (Wildman–Crippen MR) is 75.7 cm³/mol. The van der Waals surface area contributed by atoms with Gasteiger partial charge in [0.1, 0.15) is 0 Å². The van der Waals surface area contributed by atoms with Gasteiger partial charge in [0, 0.05) is 15.8 Å². The van der Waals surface area contributed by atoms with Gasteiger partial charge in [0.25, 0.3) is 0 Å². The number of aryl methyl sites for hydroxylation is 1. The molecule has 1 fully saturated rings. The van der Waals surface area contributed by atoms with E-state index in [2.05, 4.69) is 43.4 Å². The van der Waals surface area contributed by atoms with Gasteiger partial charge in [-0.2, -0.15) is 0 Å². The molecule has 0 aliphatic carbocycles. The first-order valence-corrected chi connectivity index (χ1v) is 7.45. The average molecular weight is 252 g/mol. The monoisotopic (exact) mass is 252 g/mol. The molecule has 0 radical (unpaired) electrons. The Kier molecular flexibility index (Phi) is 4.60. The van der Waals surface area contributed by atoms with Gasteiger partial charge in [-0.15, -0.1) is 11.3 Å². The van der Waals surface area contributed by atoms with Gasteiger partial charge in [-0.25, -0.2) is 0 Å². The smallest absolute Gasteiger partial charge is 0.0478 e. The van der Waals surface area contributed by atoms with Crippen molar-refractivity contribution in [3.63, 3.8) is 0 Å². The van der Waals surface area contributed by atoms with Crippen LogP contribution in [-0.4, -0.2) is 32.1 Å². The maximum atomic E-state index is 3.37. The Morgan fingerprint density at radius 1 is 1.41 bits per heavy atom. The third-order valence-electron chi connectivity index (χ3n) is 3.78. The Bertz CT molecular complexity index is 348. The van der Waals surface area contributed by atoms with Crippen molar-refractivity contribution in [3.05, 3.63) is 21.9 Å².